The molecule has 0 saturated heterocycles. The topological polar surface area (TPSA) is 6.48 Å². The minimum absolute atomic E-state index is 1.09. The van der Waals surface area contributed by atoms with Gasteiger partial charge in [-0.15, -0.1) is 0 Å². The highest BCUT2D eigenvalue weighted by Crippen LogP contribution is 2.43. The lowest BCUT2D eigenvalue weighted by molar-refractivity contribution is 1.29. The highest BCUT2D eigenvalue weighted by molar-refractivity contribution is 6.02. The van der Waals surface area contributed by atoms with Crippen LogP contribution in [0.1, 0.15) is 0 Å². The van der Waals surface area contributed by atoms with E-state index in [-0.39, 0.29) is 0 Å². The van der Waals surface area contributed by atoms with Crippen LogP contribution in [0.25, 0.3) is 98.7 Å². The maximum Gasteiger partial charge on any atom is 0.0540 e. The zero-order chi connectivity index (χ0) is 51.8. The van der Waals surface area contributed by atoms with Crippen molar-refractivity contribution in [3.05, 3.63) is 315 Å². The monoisotopic (exact) mass is 992 g/mol. The number of nitrogens with zero attached hydrogens (tertiary/aromatic N) is 2. The summed E-state index contributed by atoms with van der Waals surface area (Å²) in [6.45, 7) is 0. The normalized spacial score (nSPS) is 11.3. The Morgan fingerprint density at radius 3 is 0.679 bits per heavy atom. The fourth-order valence-corrected chi connectivity index (χ4v) is 11.5. The van der Waals surface area contributed by atoms with Gasteiger partial charge in [0.05, 0.1) is 11.4 Å². The van der Waals surface area contributed by atoms with E-state index in [4.69, 9.17) is 0 Å². The first kappa shape index (κ1) is 46.3. The van der Waals surface area contributed by atoms with Crippen LogP contribution >= 0.6 is 0 Å². The predicted molar refractivity (Wildman–Crippen MR) is 333 cm³/mol. The van der Waals surface area contributed by atoms with E-state index in [0.29, 0.717) is 0 Å². The number of fused-ring (bicyclic) bond motifs is 4. The molecule has 0 fully saturated rings. The van der Waals surface area contributed by atoms with Crippen molar-refractivity contribution in [2.24, 2.45) is 0 Å². The van der Waals surface area contributed by atoms with Crippen molar-refractivity contribution in [3.8, 4) is 55.6 Å². The van der Waals surface area contributed by atoms with E-state index in [9.17, 15) is 0 Å². The number of benzene rings is 14. The summed E-state index contributed by atoms with van der Waals surface area (Å²) in [5, 5.41) is 9.85. The molecule has 0 aliphatic rings. The molecule has 14 aromatic carbocycles. The zero-order valence-corrected chi connectivity index (χ0v) is 42.9. The van der Waals surface area contributed by atoms with Gasteiger partial charge in [0.25, 0.3) is 0 Å². The first-order valence-electron chi connectivity index (χ1n) is 26.8. The Morgan fingerprint density at radius 2 is 0.372 bits per heavy atom. The Kier molecular flexibility index (Phi) is 11.9. The molecular formula is C76H52N2. The van der Waals surface area contributed by atoms with Gasteiger partial charge in [-0.3, -0.25) is 0 Å². The van der Waals surface area contributed by atoms with Crippen LogP contribution in [-0.2, 0) is 0 Å². The standard InChI is InChI=1S/C76H52N2/c1-5-21-69-59(13-1)17-9-25-71(69)63-33-29-53(30-34-63)55-37-45-65(46-38-55)77(75-27-11-19-61-15-3-7-23-73(61)75)67-49-41-57(42-50-67)58-43-51-68(52-44-58)78(76-28-12-20-62-16-4-8-24-74(62)76)66-47-39-56(40-48-66)54-31-35-64(36-32-54)72-26-10-18-60-14-2-6-22-70(60)72/h1-52H. The Balaban J connectivity index is 0.762. The van der Waals surface area contributed by atoms with Crippen LogP contribution in [0.4, 0.5) is 34.1 Å². The van der Waals surface area contributed by atoms with E-state index in [1.807, 2.05) is 0 Å². The molecule has 14 rings (SSSR count). The molecule has 78 heavy (non-hydrogen) atoms. The maximum absolute atomic E-state index is 2.39. The maximum atomic E-state index is 2.39. The average molecular weight is 993 g/mol. The van der Waals surface area contributed by atoms with Crippen LogP contribution in [0.15, 0.2) is 315 Å². The molecule has 0 heterocycles. The van der Waals surface area contributed by atoms with E-state index in [2.05, 4.69) is 325 Å². The van der Waals surface area contributed by atoms with Gasteiger partial charge in [0.2, 0.25) is 0 Å². The molecule has 0 unspecified atom stereocenters. The van der Waals surface area contributed by atoms with Crippen LogP contribution < -0.4 is 9.80 Å². The highest BCUT2D eigenvalue weighted by Gasteiger charge is 2.19. The smallest absolute Gasteiger partial charge is 0.0540 e. The molecule has 0 bridgehead atoms. The molecular weight excluding hydrogens is 941 g/mol. The molecule has 0 amide bonds. The van der Waals surface area contributed by atoms with Crippen LogP contribution in [0, 0.1) is 0 Å². The van der Waals surface area contributed by atoms with Crippen molar-refractivity contribution in [1.82, 2.24) is 0 Å². The van der Waals surface area contributed by atoms with Gasteiger partial charge < -0.3 is 9.80 Å². The van der Waals surface area contributed by atoms with Gasteiger partial charge in [-0.1, -0.05) is 255 Å². The summed E-state index contributed by atoms with van der Waals surface area (Å²) in [6.07, 6.45) is 0. The number of rotatable bonds is 11. The van der Waals surface area contributed by atoms with Crippen LogP contribution in [0.2, 0.25) is 0 Å². The third kappa shape index (κ3) is 8.72. The molecule has 2 heteroatoms. The summed E-state index contributed by atoms with van der Waals surface area (Å²) in [7, 11) is 0. The minimum atomic E-state index is 1.09. The number of hydrogen-bond donors (Lipinski definition) is 0. The third-order valence-corrected chi connectivity index (χ3v) is 15.5. The van der Waals surface area contributed by atoms with Gasteiger partial charge in [-0.2, -0.15) is 0 Å². The van der Waals surface area contributed by atoms with Gasteiger partial charge in [0.15, 0.2) is 0 Å². The van der Waals surface area contributed by atoms with E-state index in [1.165, 1.54) is 87.6 Å². The summed E-state index contributed by atoms with van der Waals surface area (Å²) in [5.74, 6) is 0. The predicted octanol–water partition coefficient (Wildman–Crippen LogP) is 21.6. The van der Waals surface area contributed by atoms with Gasteiger partial charge >= 0.3 is 0 Å². The number of anilines is 6. The molecule has 0 saturated carbocycles. The Labute approximate surface area is 455 Å². The zero-order valence-electron chi connectivity index (χ0n) is 42.9. The van der Waals surface area contributed by atoms with E-state index >= 15 is 0 Å². The second kappa shape index (κ2) is 20.1. The second-order valence-corrected chi connectivity index (χ2v) is 20.1. The van der Waals surface area contributed by atoms with E-state index < -0.39 is 0 Å². The molecule has 0 N–H and O–H groups in total. The number of hydrogen-bond acceptors (Lipinski definition) is 2. The fraction of sp³-hybridized carbons (Fsp3) is 0. The Hall–Kier alpha value is -10.3. The van der Waals surface area contributed by atoms with Crippen molar-refractivity contribution in [1.29, 1.82) is 0 Å². The molecule has 14 aromatic rings. The fourth-order valence-electron chi connectivity index (χ4n) is 11.5. The minimum Gasteiger partial charge on any atom is -0.310 e. The average Bonchev–Trinajstić information content (AvgIpc) is 3.54. The lowest BCUT2D eigenvalue weighted by atomic mass is 9.96. The molecule has 0 radical (unpaired) electrons. The van der Waals surface area contributed by atoms with Gasteiger partial charge in [-0.25, -0.2) is 0 Å². The van der Waals surface area contributed by atoms with Crippen molar-refractivity contribution in [3.63, 3.8) is 0 Å². The van der Waals surface area contributed by atoms with Gasteiger partial charge in [0, 0.05) is 33.5 Å². The van der Waals surface area contributed by atoms with Crippen LogP contribution in [-0.4, -0.2) is 0 Å². The van der Waals surface area contributed by atoms with Crippen LogP contribution in [0.5, 0.6) is 0 Å². The van der Waals surface area contributed by atoms with Crippen molar-refractivity contribution in [2.45, 2.75) is 0 Å². The highest BCUT2D eigenvalue weighted by atomic mass is 15.1. The van der Waals surface area contributed by atoms with Gasteiger partial charge in [-0.05, 0) is 149 Å². The van der Waals surface area contributed by atoms with Crippen molar-refractivity contribution in [2.75, 3.05) is 9.80 Å². The summed E-state index contributed by atoms with van der Waals surface area (Å²) in [6, 6.07) is 115. The largest absolute Gasteiger partial charge is 0.310 e. The quantitative estimate of drug-likeness (QED) is 0.127. The lowest BCUT2D eigenvalue weighted by Gasteiger charge is -2.28. The van der Waals surface area contributed by atoms with E-state index in [1.54, 1.807) is 0 Å². The molecule has 0 aromatic heterocycles. The molecule has 0 aliphatic carbocycles. The Morgan fingerprint density at radius 1 is 0.154 bits per heavy atom. The van der Waals surface area contributed by atoms with Crippen LogP contribution in [0.3, 0.4) is 0 Å². The summed E-state index contributed by atoms with van der Waals surface area (Å²) in [4.78, 5) is 4.77. The summed E-state index contributed by atoms with van der Waals surface area (Å²) >= 11 is 0. The molecule has 0 aliphatic heterocycles. The van der Waals surface area contributed by atoms with Crippen molar-refractivity contribution < 1.29 is 0 Å². The second-order valence-electron chi connectivity index (χ2n) is 20.1. The molecule has 366 valence electrons. The SMILES string of the molecule is c1ccc2c(-c3ccc(-c4ccc(N(c5ccc(-c6ccc(N(c7ccc(-c8ccc(-c9cccc%10ccccc9%10)cc8)cc7)c7cccc8ccccc78)cc6)cc5)c5cccc6ccccc56)cc4)cc3)cccc2c1. The third-order valence-electron chi connectivity index (χ3n) is 15.5. The first-order valence-corrected chi connectivity index (χ1v) is 26.8. The molecule has 2 nitrogen and oxygen atoms in total. The summed E-state index contributed by atoms with van der Waals surface area (Å²) < 4.78 is 0. The van der Waals surface area contributed by atoms with Crippen molar-refractivity contribution >= 4 is 77.2 Å². The Bertz CT molecular complexity index is 4130. The van der Waals surface area contributed by atoms with Gasteiger partial charge in [0.1, 0.15) is 0 Å². The molecule has 0 spiro atoms. The summed E-state index contributed by atoms with van der Waals surface area (Å²) in [5.41, 5.74) is 18.6. The lowest BCUT2D eigenvalue weighted by Crippen LogP contribution is -2.10. The van der Waals surface area contributed by atoms with E-state index in [0.717, 1.165) is 45.3 Å². The molecule has 0 atom stereocenters. The first-order chi connectivity index (χ1) is 38.7.